The first-order valence-corrected chi connectivity index (χ1v) is 8.69. The first-order chi connectivity index (χ1) is 7.03. The summed E-state index contributed by atoms with van der Waals surface area (Å²) in [5.74, 6) is 0.297. The Kier molecular flexibility index (Phi) is 5.57. The van der Waals surface area contributed by atoms with E-state index in [1.807, 2.05) is 0 Å². The number of halogens is 1. The predicted octanol–water partition coefficient (Wildman–Crippen LogP) is 1.67. The summed E-state index contributed by atoms with van der Waals surface area (Å²) in [4.78, 5) is 2.34. The van der Waals surface area contributed by atoms with Crippen LogP contribution in [-0.4, -0.2) is 49.8 Å². The molecule has 0 aromatic carbocycles. The molecule has 15 heavy (non-hydrogen) atoms. The second kappa shape index (κ2) is 6.21. The highest BCUT2D eigenvalue weighted by molar-refractivity contribution is 9.09. The van der Waals surface area contributed by atoms with Crippen LogP contribution in [0.4, 0.5) is 0 Å². The van der Waals surface area contributed by atoms with Gasteiger partial charge in [0.2, 0.25) is 0 Å². The number of rotatable bonds is 7. The lowest BCUT2D eigenvalue weighted by Crippen LogP contribution is -2.43. The SMILES string of the molecule is CS(=O)(=O)CCN(CCCBr)C1CCC1. The number of alkyl halides is 1. The maximum atomic E-state index is 11.1. The minimum atomic E-state index is -2.82. The van der Waals surface area contributed by atoms with Gasteiger partial charge in [-0.1, -0.05) is 22.4 Å². The van der Waals surface area contributed by atoms with Crippen molar-refractivity contribution in [3.8, 4) is 0 Å². The molecular formula is C10H20BrNO2S. The zero-order valence-corrected chi connectivity index (χ0v) is 11.7. The fourth-order valence-corrected chi connectivity index (χ4v) is 2.59. The fraction of sp³-hybridized carbons (Fsp3) is 1.00. The van der Waals surface area contributed by atoms with E-state index in [4.69, 9.17) is 0 Å². The summed E-state index contributed by atoms with van der Waals surface area (Å²) in [5, 5.41) is 0.995. The number of hydrogen-bond acceptors (Lipinski definition) is 3. The van der Waals surface area contributed by atoms with E-state index in [9.17, 15) is 8.42 Å². The monoisotopic (exact) mass is 297 g/mol. The number of nitrogens with zero attached hydrogens (tertiary/aromatic N) is 1. The summed E-state index contributed by atoms with van der Waals surface area (Å²) in [6.07, 6.45) is 6.20. The molecule has 0 saturated heterocycles. The lowest BCUT2D eigenvalue weighted by Gasteiger charge is -2.37. The Hall–Kier alpha value is 0.390. The molecule has 0 aromatic heterocycles. The minimum absolute atomic E-state index is 0.297. The highest BCUT2D eigenvalue weighted by Gasteiger charge is 2.24. The van der Waals surface area contributed by atoms with E-state index in [1.54, 1.807) is 0 Å². The maximum absolute atomic E-state index is 11.1. The van der Waals surface area contributed by atoms with E-state index >= 15 is 0 Å². The van der Waals surface area contributed by atoms with Gasteiger partial charge in [0, 0.05) is 24.2 Å². The Bertz CT molecular complexity index is 275. The summed E-state index contributed by atoms with van der Waals surface area (Å²) in [6.45, 7) is 1.72. The van der Waals surface area contributed by atoms with Crippen molar-refractivity contribution in [2.75, 3.05) is 30.4 Å². The third-order valence-corrected chi connectivity index (χ3v) is 4.40. The molecule has 0 radical (unpaired) electrons. The van der Waals surface area contributed by atoms with Gasteiger partial charge in [-0.25, -0.2) is 8.42 Å². The van der Waals surface area contributed by atoms with Crippen molar-refractivity contribution in [2.45, 2.75) is 31.7 Å². The number of sulfone groups is 1. The van der Waals surface area contributed by atoms with Gasteiger partial charge in [0.05, 0.1) is 5.75 Å². The summed E-state index contributed by atoms with van der Waals surface area (Å²) in [6, 6.07) is 0.644. The van der Waals surface area contributed by atoms with Crippen LogP contribution in [0.2, 0.25) is 0 Å². The van der Waals surface area contributed by atoms with Gasteiger partial charge in [-0.3, -0.25) is 4.90 Å². The van der Waals surface area contributed by atoms with Crippen LogP contribution >= 0.6 is 15.9 Å². The molecule has 0 aliphatic heterocycles. The molecule has 3 nitrogen and oxygen atoms in total. The lowest BCUT2D eigenvalue weighted by molar-refractivity contribution is 0.135. The molecule has 1 saturated carbocycles. The highest BCUT2D eigenvalue weighted by atomic mass is 79.9. The van der Waals surface area contributed by atoms with Gasteiger partial charge in [0.1, 0.15) is 9.84 Å². The van der Waals surface area contributed by atoms with Crippen LogP contribution in [0.15, 0.2) is 0 Å². The molecule has 90 valence electrons. The highest BCUT2D eigenvalue weighted by Crippen LogP contribution is 2.24. The zero-order chi connectivity index (χ0) is 11.3. The molecule has 0 unspecified atom stereocenters. The van der Waals surface area contributed by atoms with Crippen molar-refractivity contribution in [2.24, 2.45) is 0 Å². The molecule has 1 aliphatic carbocycles. The number of hydrogen-bond donors (Lipinski definition) is 0. The summed E-state index contributed by atoms with van der Waals surface area (Å²) >= 11 is 3.41. The van der Waals surface area contributed by atoms with Crippen molar-refractivity contribution in [3.63, 3.8) is 0 Å². The minimum Gasteiger partial charge on any atom is -0.299 e. The molecule has 0 amide bonds. The summed E-state index contributed by atoms with van der Waals surface area (Å²) in [7, 11) is -2.82. The molecule has 0 N–H and O–H groups in total. The topological polar surface area (TPSA) is 37.4 Å². The average molecular weight is 298 g/mol. The smallest absolute Gasteiger partial charge is 0.148 e. The van der Waals surface area contributed by atoms with Crippen LogP contribution < -0.4 is 0 Å². The van der Waals surface area contributed by atoms with Crippen LogP contribution in [-0.2, 0) is 9.84 Å². The molecule has 0 aromatic rings. The molecule has 1 rings (SSSR count). The van der Waals surface area contributed by atoms with Gasteiger partial charge < -0.3 is 0 Å². The molecular weight excluding hydrogens is 278 g/mol. The van der Waals surface area contributed by atoms with Crippen LogP contribution in [0.3, 0.4) is 0 Å². The van der Waals surface area contributed by atoms with E-state index in [1.165, 1.54) is 25.5 Å². The van der Waals surface area contributed by atoms with Crippen LogP contribution in [0.1, 0.15) is 25.7 Å². The van der Waals surface area contributed by atoms with Crippen molar-refractivity contribution in [1.82, 2.24) is 4.90 Å². The van der Waals surface area contributed by atoms with Crippen molar-refractivity contribution >= 4 is 25.8 Å². The molecule has 0 heterocycles. The Morgan fingerprint density at radius 2 is 2.00 bits per heavy atom. The van der Waals surface area contributed by atoms with Crippen molar-refractivity contribution in [3.05, 3.63) is 0 Å². The first-order valence-electron chi connectivity index (χ1n) is 5.50. The van der Waals surface area contributed by atoms with E-state index in [-0.39, 0.29) is 0 Å². The van der Waals surface area contributed by atoms with Crippen LogP contribution in [0.25, 0.3) is 0 Å². The van der Waals surface area contributed by atoms with E-state index in [0.29, 0.717) is 18.3 Å². The van der Waals surface area contributed by atoms with Crippen LogP contribution in [0.5, 0.6) is 0 Å². The Morgan fingerprint density at radius 1 is 1.33 bits per heavy atom. The molecule has 0 atom stereocenters. The van der Waals surface area contributed by atoms with Gasteiger partial charge in [-0.15, -0.1) is 0 Å². The molecule has 0 bridgehead atoms. The third-order valence-electron chi connectivity index (χ3n) is 2.92. The zero-order valence-electron chi connectivity index (χ0n) is 9.28. The lowest BCUT2D eigenvalue weighted by atomic mass is 9.91. The normalized spacial score (nSPS) is 18.1. The standard InChI is InChI=1S/C10H20BrNO2S/c1-15(13,14)9-8-12(7-3-6-11)10-4-2-5-10/h10H,2-9H2,1H3. The Labute approximate surface area is 101 Å². The second-order valence-corrected chi connectivity index (χ2v) is 7.35. The van der Waals surface area contributed by atoms with E-state index < -0.39 is 9.84 Å². The predicted molar refractivity (Wildman–Crippen MR) is 67.3 cm³/mol. The molecule has 0 spiro atoms. The van der Waals surface area contributed by atoms with Crippen molar-refractivity contribution in [1.29, 1.82) is 0 Å². The largest absolute Gasteiger partial charge is 0.299 e. The summed E-state index contributed by atoms with van der Waals surface area (Å²) < 4.78 is 22.2. The average Bonchev–Trinajstić information content (AvgIpc) is 2.05. The maximum Gasteiger partial charge on any atom is 0.148 e. The van der Waals surface area contributed by atoms with Crippen LogP contribution in [0, 0.1) is 0 Å². The van der Waals surface area contributed by atoms with Gasteiger partial charge in [0.25, 0.3) is 0 Å². The Morgan fingerprint density at radius 3 is 2.40 bits per heavy atom. The first kappa shape index (κ1) is 13.5. The quantitative estimate of drug-likeness (QED) is 0.671. The molecule has 1 fully saturated rings. The van der Waals surface area contributed by atoms with E-state index in [2.05, 4.69) is 20.8 Å². The molecule has 1 aliphatic rings. The van der Waals surface area contributed by atoms with Gasteiger partial charge >= 0.3 is 0 Å². The second-order valence-electron chi connectivity index (χ2n) is 4.29. The van der Waals surface area contributed by atoms with Crippen molar-refractivity contribution < 1.29 is 8.42 Å². The van der Waals surface area contributed by atoms with Gasteiger partial charge in [0.15, 0.2) is 0 Å². The van der Waals surface area contributed by atoms with E-state index in [0.717, 1.165) is 18.3 Å². The Balaban J connectivity index is 2.34. The summed E-state index contributed by atoms with van der Waals surface area (Å²) in [5.41, 5.74) is 0. The van der Waals surface area contributed by atoms with Gasteiger partial charge in [-0.05, 0) is 25.8 Å². The van der Waals surface area contributed by atoms with Gasteiger partial charge in [-0.2, -0.15) is 0 Å². The third kappa shape index (κ3) is 5.31. The fourth-order valence-electron chi connectivity index (χ4n) is 1.77. The molecule has 5 heteroatoms.